The summed E-state index contributed by atoms with van der Waals surface area (Å²) in [6.45, 7) is 1.86. The summed E-state index contributed by atoms with van der Waals surface area (Å²) in [6.07, 6.45) is 1.76. The number of carbonyl (C=O) groups is 1. The number of nitrogens with zero attached hydrogens (tertiary/aromatic N) is 1. The molecule has 0 fully saturated rings. The summed E-state index contributed by atoms with van der Waals surface area (Å²) in [5.74, 6) is -0.282. The van der Waals surface area contributed by atoms with Gasteiger partial charge in [0.05, 0.1) is 13.5 Å². The zero-order chi connectivity index (χ0) is 10.6. The summed E-state index contributed by atoms with van der Waals surface area (Å²) in [7, 11) is 1.54. The minimum atomic E-state index is -0.798. The third-order valence-corrected chi connectivity index (χ3v) is 2.02. The van der Waals surface area contributed by atoms with Crippen LogP contribution >= 0.6 is 0 Å². The second-order valence-electron chi connectivity index (χ2n) is 3.13. The Morgan fingerprint density at radius 1 is 1.64 bits per heavy atom. The molecular formula is C10H13NO3. The van der Waals surface area contributed by atoms with Gasteiger partial charge in [0, 0.05) is 12.3 Å². The molecule has 1 aromatic rings. The molecule has 0 spiro atoms. The lowest BCUT2D eigenvalue weighted by molar-refractivity contribution is -0.137. The largest absolute Gasteiger partial charge is 0.481 e. The third kappa shape index (κ3) is 2.73. The fourth-order valence-electron chi connectivity index (χ4n) is 1.18. The van der Waals surface area contributed by atoms with E-state index in [1.165, 1.54) is 0 Å². The summed E-state index contributed by atoms with van der Waals surface area (Å²) in [6, 6.07) is 3.56. The monoisotopic (exact) mass is 195 g/mol. The molecule has 0 bridgehead atoms. The Kier molecular flexibility index (Phi) is 3.45. The van der Waals surface area contributed by atoms with Gasteiger partial charge in [-0.3, -0.25) is 4.79 Å². The maximum absolute atomic E-state index is 10.5. The fraction of sp³-hybridized carbons (Fsp3) is 0.400. The number of hydrogen-bond donors (Lipinski definition) is 1. The highest BCUT2D eigenvalue weighted by atomic mass is 16.5. The van der Waals surface area contributed by atoms with E-state index in [1.54, 1.807) is 19.4 Å². The summed E-state index contributed by atoms with van der Waals surface area (Å²) < 4.78 is 4.90. The molecule has 4 heteroatoms. The molecular weight excluding hydrogens is 182 g/mol. The first-order chi connectivity index (χ1) is 6.63. The molecule has 4 nitrogen and oxygen atoms in total. The Balaban J connectivity index is 2.71. The lowest BCUT2D eigenvalue weighted by atomic mass is 10.00. The van der Waals surface area contributed by atoms with E-state index >= 15 is 0 Å². The number of pyridine rings is 1. The Bertz CT molecular complexity index is 308. The lowest BCUT2D eigenvalue weighted by Crippen LogP contribution is -2.03. The van der Waals surface area contributed by atoms with Crippen molar-refractivity contribution in [2.45, 2.75) is 19.3 Å². The molecule has 0 aromatic carbocycles. The summed E-state index contributed by atoms with van der Waals surface area (Å²) >= 11 is 0. The molecule has 1 N–H and O–H groups in total. The maximum atomic E-state index is 10.5. The van der Waals surface area contributed by atoms with E-state index in [0.29, 0.717) is 5.88 Å². The Morgan fingerprint density at radius 3 is 2.79 bits per heavy atom. The standard InChI is InChI=1S/C10H13NO3/c1-7(5-10(12)13)8-3-4-9(14-2)11-6-8/h3-4,6-7H,5H2,1-2H3,(H,12,13). The lowest BCUT2D eigenvalue weighted by Gasteiger charge is -2.08. The average Bonchev–Trinajstić information content (AvgIpc) is 2.17. The number of methoxy groups -OCH3 is 1. The highest BCUT2D eigenvalue weighted by Crippen LogP contribution is 2.19. The first kappa shape index (κ1) is 10.5. The maximum Gasteiger partial charge on any atom is 0.303 e. The van der Waals surface area contributed by atoms with Gasteiger partial charge in [-0.1, -0.05) is 13.0 Å². The SMILES string of the molecule is COc1ccc(C(C)CC(=O)O)cn1. The van der Waals surface area contributed by atoms with Crippen molar-refractivity contribution in [2.75, 3.05) is 7.11 Å². The minimum absolute atomic E-state index is 0.0223. The topological polar surface area (TPSA) is 59.4 Å². The van der Waals surface area contributed by atoms with Crippen LogP contribution in [0.25, 0.3) is 0 Å². The first-order valence-electron chi connectivity index (χ1n) is 4.35. The zero-order valence-electron chi connectivity index (χ0n) is 8.23. The molecule has 1 rings (SSSR count). The Hall–Kier alpha value is -1.58. The van der Waals surface area contributed by atoms with Crippen LogP contribution < -0.4 is 4.74 Å². The second-order valence-corrected chi connectivity index (χ2v) is 3.13. The molecule has 0 aliphatic carbocycles. The van der Waals surface area contributed by atoms with Gasteiger partial charge in [0.2, 0.25) is 5.88 Å². The molecule has 14 heavy (non-hydrogen) atoms. The third-order valence-electron chi connectivity index (χ3n) is 2.02. The van der Waals surface area contributed by atoms with Gasteiger partial charge in [-0.25, -0.2) is 4.98 Å². The van der Waals surface area contributed by atoms with Crippen molar-refractivity contribution >= 4 is 5.97 Å². The quantitative estimate of drug-likeness (QED) is 0.793. The van der Waals surface area contributed by atoms with Crippen LogP contribution in [0.15, 0.2) is 18.3 Å². The van der Waals surface area contributed by atoms with Crippen LogP contribution in [0.2, 0.25) is 0 Å². The number of hydrogen-bond acceptors (Lipinski definition) is 3. The van der Waals surface area contributed by atoms with Gasteiger partial charge in [-0.2, -0.15) is 0 Å². The van der Waals surface area contributed by atoms with Gasteiger partial charge in [-0.15, -0.1) is 0 Å². The van der Waals surface area contributed by atoms with Gasteiger partial charge in [-0.05, 0) is 11.5 Å². The van der Waals surface area contributed by atoms with E-state index in [4.69, 9.17) is 9.84 Å². The van der Waals surface area contributed by atoms with Gasteiger partial charge in [0.25, 0.3) is 0 Å². The van der Waals surface area contributed by atoms with Crippen LogP contribution in [-0.2, 0) is 4.79 Å². The van der Waals surface area contributed by atoms with Crippen LogP contribution in [-0.4, -0.2) is 23.2 Å². The number of rotatable bonds is 4. The number of aromatic nitrogens is 1. The van der Waals surface area contributed by atoms with Crippen LogP contribution in [0.1, 0.15) is 24.8 Å². The molecule has 0 radical (unpaired) electrons. The number of carboxylic acid groups (broad SMARTS) is 1. The van der Waals surface area contributed by atoms with Crippen molar-refractivity contribution in [3.05, 3.63) is 23.9 Å². The second kappa shape index (κ2) is 4.60. The van der Waals surface area contributed by atoms with E-state index in [-0.39, 0.29) is 12.3 Å². The van der Waals surface area contributed by atoms with Crippen molar-refractivity contribution in [1.82, 2.24) is 4.98 Å². The average molecular weight is 195 g/mol. The molecule has 1 unspecified atom stereocenters. The molecule has 0 aliphatic rings. The van der Waals surface area contributed by atoms with E-state index in [2.05, 4.69) is 4.98 Å². The van der Waals surface area contributed by atoms with Crippen LogP contribution in [0.4, 0.5) is 0 Å². The number of ether oxygens (including phenoxy) is 1. The van der Waals surface area contributed by atoms with Gasteiger partial charge in [0.1, 0.15) is 0 Å². The van der Waals surface area contributed by atoms with Crippen molar-refractivity contribution in [1.29, 1.82) is 0 Å². The Labute approximate surface area is 82.5 Å². The van der Waals surface area contributed by atoms with Gasteiger partial charge in [0.15, 0.2) is 0 Å². The molecule has 1 atom stereocenters. The fourth-order valence-corrected chi connectivity index (χ4v) is 1.18. The molecule has 0 saturated carbocycles. The first-order valence-corrected chi connectivity index (χ1v) is 4.35. The van der Waals surface area contributed by atoms with Crippen molar-refractivity contribution in [3.63, 3.8) is 0 Å². The van der Waals surface area contributed by atoms with E-state index in [0.717, 1.165) is 5.56 Å². The smallest absolute Gasteiger partial charge is 0.303 e. The zero-order valence-corrected chi connectivity index (χ0v) is 8.23. The summed E-state index contributed by atoms with van der Waals surface area (Å²) in [5.41, 5.74) is 0.910. The van der Waals surface area contributed by atoms with E-state index in [1.807, 2.05) is 13.0 Å². The highest BCUT2D eigenvalue weighted by molar-refractivity contribution is 5.67. The molecule has 0 saturated heterocycles. The molecule has 1 heterocycles. The number of carboxylic acids is 1. The number of aliphatic carboxylic acids is 1. The van der Waals surface area contributed by atoms with Gasteiger partial charge >= 0.3 is 5.97 Å². The molecule has 1 aromatic heterocycles. The van der Waals surface area contributed by atoms with Crippen molar-refractivity contribution in [3.8, 4) is 5.88 Å². The predicted molar refractivity (Wildman–Crippen MR) is 51.5 cm³/mol. The van der Waals surface area contributed by atoms with Crippen LogP contribution in [0, 0.1) is 0 Å². The minimum Gasteiger partial charge on any atom is -0.481 e. The van der Waals surface area contributed by atoms with Crippen LogP contribution in [0.5, 0.6) is 5.88 Å². The normalized spacial score (nSPS) is 12.1. The highest BCUT2D eigenvalue weighted by Gasteiger charge is 2.10. The Morgan fingerprint density at radius 2 is 2.36 bits per heavy atom. The summed E-state index contributed by atoms with van der Waals surface area (Å²) in [5, 5.41) is 8.60. The van der Waals surface area contributed by atoms with Crippen molar-refractivity contribution < 1.29 is 14.6 Å². The summed E-state index contributed by atoms with van der Waals surface area (Å²) in [4.78, 5) is 14.5. The van der Waals surface area contributed by atoms with Crippen molar-refractivity contribution in [2.24, 2.45) is 0 Å². The predicted octanol–water partition coefficient (Wildman–Crippen LogP) is 1.67. The van der Waals surface area contributed by atoms with E-state index < -0.39 is 5.97 Å². The molecule has 0 aliphatic heterocycles. The molecule has 0 amide bonds. The van der Waals surface area contributed by atoms with Crippen LogP contribution in [0.3, 0.4) is 0 Å². The molecule has 76 valence electrons. The van der Waals surface area contributed by atoms with Gasteiger partial charge < -0.3 is 9.84 Å². The van der Waals surface area contributed by atoms with E-state index in [9.17, 15) is 4.79 Å².